The molecule has 2 heterocycles. The number of aromatic nitrogens is 1. The predicted molar refractivity (Wildman–Crippen MR) is 163 cm³/mol. The van der Waals surface area contributed by atoms with Crippen LogP contribution in [0.3, 0.4) is 0 Å². The molecule has 220 valence electrons. The van der Waals surface area contributed by atoms with Crippen LogP contribution in [0.5, 0.6) is 0 Å². The van der Waals surface area contributed by atoms with Gasteiger partial charge in [0.15, 0.2) is 0 Å². The van der Waals surface area contributed by atoms with Gasteiger partial charge in [0.05, 0.1) is 24.8 Å². The van der Waals surface area contributed by atoms with Crippen molar-refractivity contribution < 1.29 is 23.8 Å². The Bertz CT molecular complexity index is 1610. The van der Waals surface area contributed by atoms with Gasteiger partial charge in [-0.2, -0.15) is 0 Å². The van der Waals surface area contributed by atoms with E-state index < -0.39 is 11.3 Å². The second kappa shape index (κ2) is 12.5. The Morgan fingerprint density at radius 1 is 1.19 bits per heavy atom. The first kappa shape index (κ1) is 30.4. The van der Waals surface area contributed by atoms with Crippen molar-refractivity contribution in [2.24, 2.45) is 5.73 Å². The standard InChI is InChI=1S/C27H27FN4O2.C5H9NO2/c1-27(2,15-34-3)25-24(16-4-6-17(7-5-16)26(31)33)21-13-22(30)18(14-29)12-23(21)32(25)20-10-8-19(28)9-11-20;7-3-4-1-2-5(8)6-4/h4-14,29H,15,30H2,1-3H3,(H2,31,33);4,7H,1-3H2,(H,6,8). The smallest absolute Gasteiger partial charge is 0.248 e. The van der Waals surface area contributed by atoms with E-state index in [1.165, 1.54) is 18.3 Å². The zero-order chi connectivity index (χ0) is 30.6. The maximum Gasteiger partial charge on any atom is 0.248 e. The van der Waals surface area contributed by atoms with Crippen LogP contribution in [0.15, 0.2) is 60.7 Å². The molecule has 1 unspecified atom stereocenters. The number of rotatable bonds is 8. The lowest BCUT2D eigenvalue weighted by Crippen LogP contribution is -2.28. The molecule has 1 fully saturated rings. The number of nitrogens with two attached hydrogens (primary N) is 2. The molecule has 1 saturated heterocycles. The molecule has 5 rings (SSSR count). The minimum atomic E-state index is -0.500. The van der Waals surface area contributed by atoms with Crippen molar-refractivity contribution >= 4 is 34.6 Å². The summed E-state index contributed by atoms with van der Waals surface area (Å²) in [5.74, 6) is -0.770. The molecule has 0 radical (unpaired) electrons. The highest BCUT2D eigenvalue weighted by Gasteiger charge is 2.32. The van der Waals surface area contributed by atoms with Gasteiger partial charge in [-0.15, -0.1) is 0 Å². The number of hydrogen-bond donors (Lipinski definition) is 5. The number of ether oxygens (including phenoxy) is 1. The molecule has 1 aromatic heterocycles. The normalized spacial score (nSPS) is 14.8. The fourth-order valence-corrected chi connectivity index (χ4v) is 5.33. The Morgan fingerprint density at radius 2 is 1.86 bits per heavy atom. The fourth-order valence-electron chi connectivity index (χ4n) is 5.33. The van der Waals surface area contributed by atoms with Crippen molar-refractivity contribution in [2.45, 2.75) is 38.1 Å². The van der Waals surface area contributed by atoms with Crippen LogP contribution in [0.2, 0.25) is 0 Å². The van der Waals surface area contributed by atoms with Gasteiger partial charge < -0.3 is 36.6 Å². The number of nitrogens with one attached hydrogen (secondary N) is 2. The summed E-state index contributed by atoms with van der Waals surface area (Å²) in [5, 5.41) is 19.8. The summed E-state index contributed by atoms with van der Waals surface area (Å²) in [4.78, 5) is 22.0. The molecule has 9 nitrogen and oxygen atoms in total. The number of nitrogen functional groups attached to an aromatic ring is 1. The summed E-state index contributed by atoms with van der Waals surface area (Å²) in [7, 11) is 1.65. The Hall–Kier alpha value is -4.54. The quantitative estimate of drug-likeness (QED) is 0.157. The summed E-state index contributed by atoms with van der Waals surface area (Å²) in [6, 6.07) is 17.2. The van der Waals surface area contributed by atoms with E-state index in [-0.39, 0.29) is 24.4 Å². The molecule has 7 N–H and O–H groups in total. The second-order valence-electron chi connectivity index (χ2n) is 10.9. The Balaban J connectivity index is 0.000000437. The first-order chi connectivity index (χ1) is 20.0. The van der Waals surface area contributed by atoms with Crippen LogP contribution in [0.25, 0.3) is 27.7 Å². The van der Waals surface area contributed by atoms with Crippen molar-refractivity contribution in [1.29, 1.82) is 5.41 Å². The van der Waals surface area contributed by atoms with Gasteiger partial charge in [0.25, 0.3) is 0 Å². The first-order valence-corrected chi connectivity index (χ1v) is 13.5. The molecule has 42 heavy (non-hydrogen) atoms. The van der Waals surface area contributed by atoms with E-state index in [1.807, 2.05) is 24.3 Å². The van der Waals surface area contributed by atoms with Gasteiger partial charge in [0.2, 0.25) is 11.8 Å². The molecule has 0 bridgehead atoms. The molecule has 0 aliphatic carbocycles. The highest BCUT2D eigenvalue weighted by atomic mass is 19.1. The molecule has 1 aliphatic rings. The van der Waals surface area contributed by atoms with Gasteiger partial charge in [-0.25, -0.2) is 4.39 Å². The van der Waals surface area contributed by atoms with Gasteiger partial charge in [0.1, 0.15) is 5.82 Å². The average molecular weight is 574 g/mol. The van der Waals surface area contributed by atoms with Gasteiger partial charge in [-0.3, -0.25) is 9.59 Å². The minimum absolute atomic E-state index is 0.0301. The lowest BCUT2D eigenvalue weighted by Gasteiger charge is -2.28. The lowest BCUT2D eigenvalue weighted by molar-refractivity contribution is -0.119. The summed E-state index contributed by atoms with van der Waals surface area (Å²) in [6.45, 7) is 4.65. The van der Waals surface area contributed by atoms with Crippen LogP contribution < -0.4 is 16.8 Å². The average Bonchev–Trinajstić information content (AvgIpc) is 3.54. The van der Waals surface area contributed by atoms with Gasteiger partial charge in [0, 0.05) is 64.3 Å². The summed E-state index contributed by atoms with van der Waals surface area (Å²) >= 11 is 0. The number of primary amides is 1. The molecule has 1 aliphatic heterocycles. The molecule has 3 aromatic carbocycles. The number of anilines is 1. The number of benzene rings is 3. The Labute approximate surface area is 243 Å². The Morgan fingerprint density at radius 3 is 2.36 bits per heavy atom. The van der Waals surface area contributed by atoms with E-state index in [2.05, 4.69) is 23.7 Å². The van der Waals surface area contributed by atoms with Crippen molar-refractivity contribution in [1.82, 2.24) is 9.88 Å². The number of carbonyl (C=O) groups is 2. The van der Waals surface area contributed by atoms with Gasteiger partial charge in [-0.05, 0) is 60.5 Å². The zero-order valence-corrected chi connectivity index (χ0v) is 23.9. The molecular weight excluding hydrogens is 537 g/mol. The van der Waals surface area contributed by atoms with Crippen molar-refractivity contribution in [3.63, 3.8) is 0 Å². The van der Waals surface area contributed by atoms with Crippen LogP contribution in [0, 0.1) is 11.2 Å². The maximum atomic E-state index is 13.8. The minimum Gasteiger partial charge on any atom is -0.398 e. The number of amides is 2. The monoisotopic (exact) mass is 573 g/mol. The van der Waals surface area contributed by atoms with Gasteiger partial charge in [-0.1, -0.05) is 26.0 Å². The third-order valence-electron chi connectivity index (χ3n) is 7.32. The lowest BCUT2D eigenvalue weighted by atomic mass is 9.84. The number of carbonyl (C=O) groups excluding carboxylic acids is 2. The van der Waals surface area contributed by atoms with Crippen LogP contribution in [-0.2, 0) is 14.9 Å². The van der Waals surface area contributed by atoms with Crippen LogP contribution in [0.1, 0.15) is 48.3 Å². The number of hydrogen-bond acceptors (Lipinski definition) is 6. The number of fused-ring (bicyclic) bond motifs is 1. The molecule has 0 spiro atoms. The summed E-state index contributed by atoms with van der Waals surface area (Å²) in [5.41, 5.74) is 17.1. The van der Waals surface area contributed by atoms with Crippen molar-refractivity contribution in [2.75, 3.05) is 26.1 Å². The highest BCUT2D eigenvalue weighted by molar-refractivity contribution is 6.05. The molecule has 1 atom stereocenters. The van der Waals surface area contributed by atoms with Crippen LogP contribution in [0.4, 0.5) is 10.1 Å². The topological polar surface area (TPSA) is 156 Å². The van der Waals surface area contributed by atoms with Crippen LogP contribution >= 0.6 is 0 Å². The molecule has 2 amide bonds. The van der Waals surface area contributed by atoms with E-state index in [1.54, 1.807) is 31.4 Å². The first-order valence-electron chi connectivity index (χ1n) is 13.5. The molecule has 0 saturated carbocycles. The SMILES string of the molecule is COCC(C)(C)c1c(-c2ccc(C(N)=O)cc2)c2cc(N)c(C=N)cc2n1-c1ccc(F)cc1.O=C1CCC(CO)N1. The predicted octanol–water partition coefficient (Wildman–Crippen LogP) is 4.30. The van der Waals surface area contributed by atoms with E-state index in [4.69, 9.17) is 26.7 Å². The summed E-state index contributed by atoms with van der Waals surface area (Å²) < 4.78 is 21.5. The number of methoxy groups -OCH3 is 1. The molecule has 4 aromatic rings. The van der Waals surface area contributed by atoms with E-state index in [0.29, 0.717) is 29.8 Å². The number of aliphatic hydroxyl groups excluding tert-OH is 1. The van der Waals surface area contributed by atoms with E-state index in [0.717, 1.165) is 39.8 Å². The fraction of sp³-hybridized carbons (Fsp3) is 0.281. The molecule has 10 heteroatoms. The van der Waals surface area contributed by atoms with Crippen molar-refractivity contribution in [3.8, 4) is 16.8 Å². The van der Waals surface area contributed by atoms with Crippen LogP contribution in [-0.4, -0.2) is 54.1 Å². The third-order valence-corrected chi connectivity index (χ3v) is 7.32. The number of nitrogens with zero attached hydrogens (tertiary/aromatic N) is 1. The number of aliphatic hydroxyl groups is 1. The largest absolute Gasteiger partial charge is 0.398 e. The third kappa shape index (κ3) is 6.19. The molecular formula is C32H36FN5O4. The highest BCUT2D eigenvalue weighted by Crippen LogP contribution is 2.44. The summed E-state index contributed by atoms with van der Waals surface area (Å²) in [6.07, 6.45) is 2.58. The van der Waals surface area contributed by atoms with E-state index in [9.17, 15) is 14.0 Å². The maximum absolute atomic E-state index is 13.8. The Kier molecular flexibility index (Phi) is 9.08. The van der Waals surface area contributed by atoms with Gasteiger partial charge >= 0.3 is 0 Å². The zero-order valence-electron chi connectivity index (χ0n) is 23.9. The van der Waals surface area contributed by atoms with E-state index >= 15 is 0 Å². The van der Waals surface area contributed by atoms with Crippen molar-refractivity contribution in [3.05, 3.63) is 83.3 Å². The number of halogens is 1. The second-order valence-corrected chi connectivity index (χ2v) is 10.9.